The molecule has 0 atom stereocenters. The molecule has 1 aliphatic rings. The van der Waals surface area contributed by atoms with Gasteiger partial charge in [0, 0.05) is 30.4 Å². The van der Waals surface area contributed by atoms with E-state index in [4.69, 9.17) is 4.74 Å². The van der Waals surface area contributed by atoms with Crippen LogP contribution in [0.15, 0.2) is 22.9 Å². The smallest absolute Gasteiger partial charge is 0.169 e. The van der Waals surface area contributed by atoms with Crippen LogP contribution in [0.4, 0.5) is 0 Å². The Morgan fingerprint density at radius 2 is 2.16 bits per heavy atom. The monoisotopic (exact) mass is 325 g/mol. The molecule has 1 aromatic rings. The summed E-state index contributed by atoms with van der Waals surface area (Å²) in [6, 6.07) is 1.94. The Morgan fingerprint density at radius 3 is 2.74 bits per heavy atom. The average Bonchev–Trinajstić information content (AvgIpc) is 2.40. The quantitative estimate of drug-likeness (QED) is 0.849. The fraction of sp³-hybridized carbons (Fsp3) is 0.600. The minimum Gasteiger partial charge on any atom is -0.370 e. The van der Waals surface area contributed by atoms with Crippen molar-refractivity contribution in [1.29, 1.82) is 0 Å². The number of ketones is 1. The number of halogens is 1. The van der Waals surface area contributed by atoms with Crippen molar-refractivity contribution in [2.24, 2.45) is 5.92 Å². The third-order valence-electron chi connectivity index (χ3n) is 4.11. The van der Waals surface area contributed by atoms with Crippen LogP contribution >= 0.6 is 15.9 Å². The SMILES string of the molecule is COC1(C(=O)Cc2cncc(Br)c2)CCC(C)CC1. The minimum atomic E-state index is -0.575. The van der Waals surface area contributed by atoms with Gasteiger partial charge in [-0.1, -0.05) is 6.92 Å². The Bertz CT molecular complexity index is 453. The van der Waals surface area contributed by atoms with Crippen molar-refractivity contribution >= 4 is 21.7 Å². The van der Waals surface area contributed by atoms with E-state index in [0.29, 0.717) is 12.3 Å². The third kappa shape index (κ3) is 3.42. The van der Waals surface area contributed by atoms with Crippen LogP contribution in [-0.4, -0.2) is 23.5 Å². The number of carbonyl (C=O) groups excluding carboxylic acids is 1. The molecule has 104 valence electrons. The predicted molar refractivity (Wildman–Crippen MR) is 78.0 cm³/mol. The number of rotatable bonds is 4. The maximum absolute atomic E-state index is 12.6. The van der Waals surface area contributed by atoms with Gasteiger partial charge in [-0.3, -0.25) is 9.78 Å². The fourth-order valence-corrected chi connectivity index (χ4v) is 3.14. The number of methoxy groups -OCH3 is 1. The predicted octanol–water partition coefficient (Wildman–Crippen LogP) is 3.55. The van der Waals surface area contributed by atoms with E-state index in [1.807, 2.05) is 6.07 Å². The number of carbonyl (C=O) groups is 1. The molecule has 0 amide bonds. The number of hydrogen-bond donors (Lipinski definition) is 0. The van der Waals surface area contributed by atoms with Crippen molar-refractivity contribution in [2.45, 2.75) is 44.6 Å². The van der Waals surface area contributed by atoms with Gasteiger partial charge in [0.15, 0.2) is 5.78 Å². The Labute approximate surface area is 122 Å². The molecule has 1 fully saturated rings. The number of hydrogen-bond acceptors (Lipinski definition) is 3. The number of nitrogens with zero attached hydrogens (tertiary/aromatic N) is 1. The molecule has 0 radical (unpaired) electrons. The van der Waals surface area contributed by atoms with Gasteiger partial charge < -0.3 is 4.74 Å². The summed E-state index contributed by atoms with van der Waals surface area (Å²) in [7, 11) is 1.66. The maximum atomic E-state index is 12.6. The summed E-state index contributed by atoms with van der Waals surface area (Å²) in [6.45, 7) is 2.24. The van der Waals surface area contributed by atoms with Gasteiger partial charge in [0.25, 0.3) is 0 Å². The van der Waals surface area contributed by atoms with Crippen molar-refractivity contribution < 1.29 is 9.53 Å². The summed E-state index contributed by atoms with van der Waals surface area (Å²) in [4.78, 5) is 16.7. The van der Waals surface area contributed by atoms with E-state index in [1.165, 1.54) is 0 Å². The molecule has 0 N–H and O–H groups in total. The molecule has 0 spiro atoms. The highest BCUT2D eigenvalue weighted by molar-refractivity contribution is 9.10. The van der Waals surface area contributed by atoms with Crippen LogP contribution in [0.25, 0.3) is 0 Å². The highest BCUT2D eigenvalue weighted by atomic mass is 79.9. The highest BCUT2D eigenvalue weighted by Crippen LogP contribution is 2.35. The second-order valence-corrected chi connectivity index (χ2v) is 6.41. The van der Waals surface area contributed by atoms with Crippen LogP contribution in [0.5, 0.6) is 0 Å². The molecule has 19 heavy (non-hydrogen) atoms. The van der Waals surface area contributed by atoms with Crippen molar-refractivity contribution in [3.8, 4) is 0 Å². The van der Waals surface area contributed by atoms with Gasteiger partial charge in [0.2, 0.25) is 0 Å². The zero-order valence-electron chi connectivity index (χ0n) is 11.5. The fourth-order valence-electron chi connectivity index (χ4n) is 2.72. The molecule has 0 bridgehead atoms. The van der Waals surface area contributed by atoms with E-state index >= 15 is 0 Å². The Hall–Kier alpha value is -0.740. The summed E-state index contributed by atoms with van der Waals surface area (Å²) in [6.07, 6.45) is 7.68. The molecule has 1 saturated carbocycles. The average molecular weight is 326 g/mol. The van der Waals surface area contributed by atoms with Gasteiger partial charge in [-0.15, -0.1) is 0 Å². The minimum absolute atomic E-state index is 0.182. The normalized spacial score (nSPS) is 27.2. The van der Waals surface area contributed by atoms with Crippen molar-refractivity contribution in [2.75, 3.05) is 7.11 Å². The molecule has 3 nitrogen and oxygen atoms in total. The van der Waals surface area contributed by atoms with E-state index in [2.05, 4.69) is 27.8 Å². The van der Waals surface area contributed by atoms with Gasteiger partial charge in [0.1, 0.15) is 5.60 Å². The lowest BCUT2D eigenvalue weighted by atomic mass is 9.76. The lowest BCUT2D eigenvalue weighted by Gasteiger charge is -2.37. The number of Topliss-reactive ketones (excluding diaryl/α,β-unsaturated/α-hetero) is 1. The second-order valence-electron chi connectivity index (χ2n) is 5.49. The first kappa shape index (κ1) is 14.7. The molecule has 0 aromatic carbocycles. The lowest BCUT2D eigenvalue weighted by molar-refractivity contribution is -0.145. The molecule has 4 heteroatoms. The van der Waals surface area contributed by atoms with E-state index in [9.17, 15) is 4.79 Å². The zero-order valence-corrected chi connectivity index (χ0v) is 13.1. The molecule has 2 rings (SSSR count). The molecule has 1 aromatic heterocycles. The van der Waals surface area contributed by atoms with E-state index in [0.717, 1.165) is 35.7 Å². The summed E-state index contributed by atoms with van der Waals surface area (Å²) in [5.74, 6) is 0.880. The molecule has 0 saturated heterocycles. The maximum Gasteiger partial charge on any atom is 0.169 e. The second kappa shape index (κ2) is 6.14. The first-order valence-corrected chi connectivity index (χ1v) is 7.53. The number of pyridine rings is 1. The van der Waals surface area contributed by atoms with Gasteiger partial charge in [0.05, 0.1) is 0 Å². The van der Waals surface area contributed by atoms with Crippen LogP contribution < -0.4 is 0 Å². The number of ether oxygens (including phenoxy) is 1. The third-order valence-corrected chi connectivity index (χ3v) is 4.54. The van der Waals surface area contributed by atoms with Crippen molar-refractivity contribution in [3.05, 3.63) is 28.5 Å². The summed E-state index contributed by atoms with van der Waals surface area (Å²) >= 11 is 3.38. The van der Waals surface area contributed by atoms with Gasteiger partial charge >= 0.3 is 0 Å². The number of aromatic nitrogens is 1. The highest BCUT2D eigenvalue weighted by Gasteiger charge is 2.40. The van der Waals surface area contributed by atoms with Gasteiger partial charge in [-0.05, 0) is 59.2 Å². The van der Waals surface area contributed by atoms with E-state index in [1.54, 1.807) is 19.5 Å². The first-order valence-electron chi connectivity index (χ1n) is 6.73. The van der Waals surface area contributed by atoms with Crippen LogP contribution in [0, 0.1) is 5.92 Å². The first-order chi connectivity index (χ1) is 9.05. The van der Waals surface area contributed by atoms with E-state index in [-0.39, 0.29) is 5.78 Å². The molecule has 1 heterocycles. The van der Waals surface area contributed by atoms with Gasteiger partial charge in [-0.25, -0.2) is 0 Å². The van der Waals surface area contributed by atoms with Crippen LogP contribution in [0.3, 0.4) is 0 Å². The van der Waals surface area contributed by atoms with Gasteiger partial charge in [-0.2, -0.15) is 0 Å². The van der Waals surface area contributed by atoms with E-state index < -0.39 is 5.60 Å². The summed E-state index contributed by atoms with van der Waals surface area (Å²) in [5.41, 5.74) is 0.365. The van der Waals surface area contributed by atoms with Crippen LogP contribution in [0.2, 0.25) is 0 Å². The molecular formula is C15H20BrNO2. The van der Waals surface area contributed by atoms with Crippen LogP contribution in [0.1, 0.15) is 38.2 Å². The van der Waals surface area contributed by atoms with Crippen molar-refractivity contribution in [1.82, 2.24) is 4.98 Å². The van der Waals surface area contributed by atoms with Crippen molar-refractivity contribution in [3.63, 3.8) is 0 Å². The lowest BCUT2D eigenvalue weighted by Crippen LogP contribution is -2.44. The molecule has 0 aliphatic heterocycles. The molecule has 1 aliphatic carbocycles. The Balaban J connectivity index is 2.09. The standard InChI is InChI=1S/C15H20BrNO2/c1-11-3-5-15(19-2,6-4-11)14(18)8-12-7-13(16)10-17-9-12/h7,9-11H,3-6,8H2,1-2H3. The summed E-state index contributed by atoms with van der Waals surface area (Å²) < 4.78 is 6.51. The largest absolute Gasteiger partial charge is 0.370 e. The Kier molecular flexibility index (Phi) is 4.74. The topological polar surface area (TPSA) is 39.2 Å². The summed E-state index contributed by atoms with van der Waals surface area (Å²) in [5, 5.41) is 0. The molecule has 0 unspecified atom stereocenters. The van der Waals surface area contributed by atoms with Crippen LogP contribution in [-0.2, 0) is 16.0 Å². The molecular weight excluding hydrogens is 306 g/mol. The zero-order chi connectivity index (χ0) is 13.9. The Morgan fingerprint density at radius 1 is 1.47 bits per heavy atom.